The van der Waals surface area contributed by atoms with E-state index in [4.69, 9.17) is 0 Å². The fourth-order valence-electron chi connectivity index (χ4n) is 4.64. The first-order valence-electron chi connectivity index (χ1n) is 11.0. The van der Waals surface area contributed by atoms with Gasteiger partial charge in [-0.05, 0) is 11.1 Å². The van der Waals surface area contributed by atoms with Crippen molar-refractivity contribution in [2.24, 2.45) is 5.92 Å². The number of benzene rings is 2. The van der Waals surface area contributed by atoms with Gasteiger partial charge in [0.15, 0.2) is 5.16 Å². The quantitative estimate of drug-likeness (QED) is 0.577. The minimum absolute atomic E-state index is 0.0848. The largest absolute Gasteiger partial charge is 0.340 e. The van der Waals surface area contributed by atoms with Gasteiger partial charge in [-0.25, -0.2) is 4.98 Å². The molecule has 3 aromatic rings. The average Bonchev–Trinajstić information content (AvgIpc) is 2.86. The van der Waals surface area contributed by atoms with Crippen LogP contribution in [0, 0.1) is 5.92 Å². The van der Waals surface area contributed by atoms with Crippen molar-refractivity contribution in [3.8, 4) is 0 Å². The highest BCUT2D eigenvalue weighted by atomic mass is 32.2. The summed E-state index contributed by atoms with van der Waals surface area (Å²) in [6.45, 7) is 3.46. The van der Waals surface area contributed by atoms with Crippen molar-refractivity contribution in [1.82, 2.24) is 19.4 Å². The molecule has 1 amide bonds. The maximum atomic E-state index is 13.2. The van der Waals surface area contributed by atoms with Crippen molar-refractivity contribution >= 4 is 17.7 Å². The number of nitrogens with zero attached hydrogens (tertiary/aromatic N) is 4. The van der Waals surface area contributed by atoms with Crippen molar-refractivity contribution in [2.45, 2.75) is 17.7 Å². The third-order valence-electron chi connectivity index (χ3n) is 6.29. The van der Waals surface area contributed by atoms with Gasteiger partial charge in [0.05, 0.1) is 12.0 Å². The molecule has 5 rings (SSSR count). The third kappa shape index (κ3) is 4.23. The Balaban J connectivity index is 1.28. The first kappa shape index (κ1) is 21.0. The number of aromatic nitrogens is 2. The third-order valence-corrected chi connectivity index (χ3v) is 7.44. The summed E-state index contributed by atoms with van der Waals surface area (Å²) in [5, 5.41) is 0.708. The van der Waals surface area contributed by atoms with Crippen LogP contribution >= 0.6 is 11.8 Å². The number of amides is 1. The highest BCUT2D eigenvalue weighted by Gasteiger charge is 2.33. The first-order valence-corrected chi connectivity index (χ1v) is 12.0. The van der Waals surface area contributed by atoms with E-state index in [1.807, 2.05) is 17.0 Å². The molecule has 0 bridgehead atoms. The average molecular weight is 447 g/mol. The topological polar surface area (TPSA) is 58.4 Å². The van der Waals surface area contributed by atoms with Crippen LogP contribution in [0.2, 0.25) is 0 Å². The fraction of sp³-hybridized carbons (Fsp3) is 0.320. The number of fused-ring (bicyclic) bond motifs is 1. The van der Waals surface area contributed by atoms with E-state index in [2.05, 4.69) is 58.4 Å². The highest BCUT2D eigenvalue weighted by molar-refractivity contribution is 7.99. The number of piperazine rings is 1. The number of rotatable bonds is 4. The van der Waals surface area contributed by atoms with Gasteiger partial charge in [-0.3, -0.25) is 19.1 Å². The standard InChI is InChI=1S/C25H26N4O2S/c30-22-11-12-26-25-29(22)17-21(18-32-25)24(31)28-15-13-27(14-16-28)23(19-7-3-1-4-8-19)20-9-5-2-6-10-20/h1-12,21,23H,13-18H2/t21-/m1/s1. The maximum absolute atomic E-state index is 13.2. The van der Waals surface area contributed by atoms with Crippen molar-refractivity contribution < 1.29 is 4.79 Å². The summed E-state index contributed by atoms with van der Waals surface area (Å²) < 4.78 is 1.63. The molecule has 0 spiro atoms. The monoisotopic (exact) mass is 446 g/mol. The maximum Gasteiger partial charge on any atom is 0.254 e. The van der Waals surface area contributed by atoms with E-state index in [0.717, 1.165) is 13.1 Å². The van der Waals surface area contributed by atoms with E-state index in [1.54, 1.807) is 10.8 Å². The minimum atomic E-state index is -0.181. The second-order valence-corrected chi connectivity index (χ2v) is 9.26. The molecule has 1 saturated heterocycles. The van der Waals surface area contributed by atoms with Crippen molar-refractivity contribution in [2.75, 3.05) is 31.9 Å². The lowest BCUT2D eigenvalue weighted by atomic mass is 9.96. The van der Waals surface area contributed by atoms with Gasteiger partial charge in [0.25, 0.3) is 5.56 Å². The second-order valence-electron chi connectivity index (χ2n) is 8.27. The molecule has 6 nitrogen and oxygen atoms in total. The highest BCUT2D eigenvalue weighted by Crippen LogP contribution is 2.30. The zero-order chi connectivity index (χ0) is 21.9. The summed E-state index contributed by atoms with van der Waals surface area (Å²) in [6.07, 6.45) is 1.54. The van der Waals surface area contributed by atoms with Gasteiger partial charge < -0.3 is 4.90 Å². The molecule has 0 unspecified atom stereocenters. The summed E-state index contributed by atoms with van der Waals surface area (Å²) in [5.74, 6) is 0.640. The van der Waals surface area contributed by atoms with E-state index in [-0.39, 0.29) is 23.4 Å². The molecule has 0 N–H and O–H groups in total. The molecule has 2 aromatic carbocycles. The Morgan fingerprint density at radius 3 is 2.16 bits per heavy atom. The Labute approximate surface area is 191 Å². The molecule has 0 saturated carbocycles. The van der Waals surface area contributed by atoms with Gasteiger partial charge in [-0.2, -0.15) is 0 Å². The predicted octanol–water partition coefficient (Wildman–Crippen LogP) is 2.90. The molecule has 2 aliphatic rings. The zero-order valence-electron chi connectivity index (χ0n) is 17.8. The van der Waals surface area contributed by atoms with E-state index < -0.39 is 0 Å². The molecule has 1 aromatic heterocycles. The van der Waals surface area contributed by atoms with Crippen LogP contribution in [0.15, 0.2) is 82.9 Å². The molecule has 0 aliphatic carbocycles. The van der Waals surface area contributed by atoms with E-state index >= 15 is 0 Å². The lowest BCUT2D eigenvalue weighted by Gasteiger charge is -2.41. The van der Waals surface area contributed by atoms with Crippen LogP contribution in [-0.2, 0) is 11.3 Å². The van der Waals surface area contributed by atoms with Gasteiger partial charge in [-0.15, -0.1) is 0 Å². The molecule has 1 fully saturated rings. The predicted molar refractivity (Wildman–Crippen MR) is 126 cm³/mol. The Kier molecular flexibility index (Phi) is 6.10. The van der Waals surface area contributed by atoms with Gasteiger partial charge in [0, 0.05) is 50.7 Å². The van der Waals surface area contributed by atoms with E-state index in [0.29, 0.717) is 30.5 Å². The summed E-state index contributed by atoms with van der Waals surface area (Å²) >= 11 is 1.50. The summed E-state index contributed by atoms with van der Waals surface area (Å²) in [6, 6.07) is 22.8. The SMILES string of the molecule is O=C([C@H]1CSc2nccc(=O)n2C1)N1CCN(C(c2ccccc2)c2ccccc2)CC1. The first-order chi connectivity index (χ1) is 15.7. The molecule has 32 heavy (non-hydrogen) atoms. The minimum Gasteiger partial charge on any atom is -0.340 e. The molecule has 7 heteroatoms. The van der Waals surface area contributed by atoms with Crippen LogP contribution in [-0.4, -0.2) is 57.2 Å². The van der Waals surface area contributed by atoms with Crippen molar-refractivity contribution in [3.63, 3.8) is 0 Å². The van der Waals surface area contributed by atoms with Crippen LogP contribution in [0.5, 0.6) is 0 Å². The van der Waals surface area contributed by atoms with Gasteiger partial charge >= 0.3 is 0 Å². The Bertz CT molecular complexity index is 1090. The molecule has 1 atom stereocenters. The van der Waals surface area contributed by atoms with Crippen LogP contribution in [0.4, 0.5) is 0 Å². The molecule has 2 aliphatic heterocycles. The lowest BCUT2D eigenvalue weighted by Crippen LogP contribution is -2.52. The van der Waals surface area contributed by atoms with Crippen LogP contribution in [0.3, 0.4) is 0 Å². The molecule has 3 heterocycles. The molecule has 164 valence electrons. The Hall–Kier alpha value is -2.90. The zero-order valence-corrected chi connectivity index (χ0v) is 18.7. The Morgan fingerprint density at radius 2 is 1.53 bits per heavy atom. The summed E-state index contributed by atoms with van der Waals surface area (Å²) in [5.41, 5.74) is 2.45. The van der Waals surface area contributed by atoms with Gasteiger partial charge in [0.2, 0.25) is 5.91 Å². The van der Waals surface area contributed by atoms with E-state index in [1.165, 1.54) is 29.0 Å². The lowest BCUT2D eigenvalue weighted by molar-refractivity contribution is -0.137. The van der Waals surface area contributed by atoms with Crippen molar-refractivity contribution in [1.29, 1.82) is 0 Å². The van der Waals surface area contributed by atoms with Crippen LogP contribution in [0.25, 0.3) is 0 Å². The molecular weight excluding hydrogens is 420 g/mol. The van der Waals surface area contributed by atoms with Crippen LogP contribution < -0.4 is 5.56 Å². The number of carbonyl (C=O) groups excluding carboxylic acids is 1. The fourth-order valence-corrected chi connectivity index (χ4v) is 5.70. The van der Waals surface area contributed by atoms with Gasteiger partial charge in [-0.1, -0.05) is 72.4 Å². The smallest absolute Gasteiger partial charge is 0.254 e. The van der Waals surface area contributed by atoms with Crippen LogP contribution in [0.1, 0.15) is 17.2 Å². The summed E-state index contributed by atoms with van der Waals surface area (Å²) in [7, 11) is 0. The van der Waals surface area contributed by atoms with E-state index in [9.17, 15) is 9.59 Å². The number of hydrogen-bond donors (Lipinski definition) is 0. The normalized spacial score (nSPS) is 19.0. The molecular formula is C25H26N4O2S. The summed E-state index contributed by atoms with van der Waals surface area (Å²) in [4.78, 5) is 34.1. The second kappa shape index (κ2) is 9.30. The number of thioether (sulfide) groups is 1. The van der Waals surface area contributed by atoms with Gasteiger partial charge in [0.1, 0.15) is 0 Å². The number of hydrogen-bond acceptors (Lipinski definition) is 5. The Morgan fingerprint density at radius 1 is 0.906 bits per heavy atom. The van der Waals surface area contributed by atoms with Crippen molar-refractivity contribution in [3.05, 3.63) is 94.4 Å². The molecule has 0 radical (unpaired) electrons. The number of carbonyl (C=O) groups is 1.